The molecule has 140 valence electrons. The van der Waals surface area contributed by atoms with Gasteiger partial charge < -0.3 is 44.4 Å². The van der Waals surface area contributed by atoms with Gasteiger partial charge in [0.25, 0.3) is 0 Å². The van der Waals surface area contributed by atoms with Gasteiger partial charge in [-0.15, -0.1) is 0 Å². The number of nitrogens with zero attached hydrogens (tertiary/aromatic N) is 2. The monoisotopic (exact) mass is 372 g/mol. The van der Waals surface area contributed by atoms with Gasteiger partial charge in [-0.25, -0.2) is 0 Å². The van der Waals surface area contributed by atoms with E-state index in [-0.39, 0.29) is 49.0 Å². The number of halogens is 2. The number of carbonyl (C=O) groups is 2. The van der Waals surface area contributed by atoms with Crippen LogP contribution in [0.2, 0.25) is 0 Å². The third-order valence-electron chi connectivity index (χ3n) is 3.64. The molecule has 0 rings (SSSR count). The van der Waals surface area contributed by atoms with Crippen molar-refractivity contribution < 1.29 is 43.4 Å². The second kappa shape index (κ2) is 12.0. The predicted octanol–water partition coefficient (Wildman–Crippen LogP) is -6.54. The van der Waals surface area contributed by atoms with E-state index < -0.39 is 0 Å². The second-order valence-electron chi connectivity index (χ2n) is 7.40. The molecule has 0 saturated heterocycles. The average molecular weight is 373 g/mol. The molecule has 23 heavy (non-hydrogen) atoms. The summed E-state index contributed by atoms with van der Waals surface area (Å²) in [6.45, 7) is 5.17. The Hall–Kier alpha value is -0.400. The molecule has 1 amide bonds. The normalized spacial score (nSPS) is 12.7. The number of ketones is 1. The Balaban J connectivity index is -0.00000200. The van der Waals surface area contributed by atoms with E-state index >= 15 is 0 Å². The number of hydrogen-bond acceptors (Lipinski definition) is 3. The molecule has 0 aromatic carbocycles. The van der Waals surface area contributed by atoms with Crippen LogP contribution in [0.15, 0.2) is 0 Å². The minimum absolute atomic E-state index is 0. The van der Waals surface area contributed by atoms with Crippen molar-refractivity contribution in [2.24, 2.45) is 0 Å². The number of carbonyl (C=O) groups excluding carboxylic acids is 2. The molecule has 1 unspecified atom stereocenters. The van der Waals surface area contributed by atoms with Crippen LogP contribution >= 0.6 is 0 Å². The molecule has 0 aromatic rings. The summed E-state index contributed by atoms with van der Waals surface area (Å²) in [6, 6.07) is -0.384. The zero-order chi connectivity index (χ0) is 16.7. The second-order valence-corrected chi connectivity index (χ2v) is 7.40. The first-order valence-electron chi connectivity index (χ1n) is 7.54. The highest BCUT2D eigenvalue weighted by atomic mass is 35.5. The Labute approximate surface area is 154 Å². The Morgan fingerprint density at radius 1 is 0.957 bits per heavy atom. The van der Waals surface area contributed by atoms with E-state index in [1.807, 2.05) is 0 Å². The van der Waals surface area contributed by atoms with Gasteiger partial charge in [-0.3, -0.25) is 9.59 Å². The Morgan fingerprint density at radius 2 is 1.48 bits per heavy atom. The fourth-order valence-corrected chi connectivity index (χ4v) is 1.89. The van der Waals surface area contributed by atoms with Gasteiger partial charge in [-0.05, 0) is 14.0 Å². The lowest BCUT2D eigenvalue weighted by Gasteiger charge is -2.33. The molecule has 6 nitrogen and oxygen atoms in total. The molecule has 0 aliphatic carbocycles. The topological polar surface area (TPSA) is 58.2 Å². The number of amides is 1. The highest BCUT2D eigenvalue weighted by molar-refractivity contribution is 5.88. The molecule has 0 fully saturated rings. The molecular formula is C15H34Cl2N4O2. The van der Waals surface area contributed by atoms with Gasteiger partial charge in [-0.1, -0.05) is 0 Å². The number of nitrogens with one attached hydrogen (secondary N) is 2. The van der Waals surface area contributed by atoms with Crippen molar-refractivity contribution in [2.45, 2.75) is 19.4 Å². The smallest absolute Gasteiger partial charge is 0.222 e. The van der Waals surface area contributed by atoms with Crippen LogP contribution in [-0.4, -0.2) is 95.2 Å². The largest absolute Gasteiger partial charge is 1.00 e. The fourth-order valence-electron chi connectivity index (χ4n) is 1.89. The maximum Gasteiger partial charge on any atom is 0.222 e. The number of hydrogen-bond donors (Lipinski definition) is 2. The highest BCUT2D eigenvalue weighted by Crippen LogP contribution is 2.00. The van der Waals surface area contributed by atoms with Crippen LogP contribution in [-0.2, 0) is 9.59 Å². The van der Waals surface area contributed by atoms with Crippen molar-refractivity contribution in [1.29, 1.82) is 0 Å². The molecule has 0 heterocycles. The Morgan fingerprint density at radius 3 is 1.87 bits per heavy atom. The molecule has 0 aliphatic rings. The Kier molecular flexibility index (Phi) is 14.4. The van der Waals surface area contributed by atoms with E-state index in [0.29, 0.717) is 6.54 Å². The summed E-state index contributed by atoms with van der Waals surface area (Å²) in [5.74, 6) is -0.0807. The number of likely N-dealkylation sites (N-methyl/N-ethyl adjacent to an activating group) is 3. The van der Waals surface area contributed by atoms with Gasteiger partial charge in [0, 0.05) is 6.42 Å². The molecule has 0 bridgehead atoms. The molecule has 2 N–H and O–H groups in total. The molecule has 0 aliphatic heterocycles. The number of Topliss-reactive ketones (excluding diaryl/α,β-unsaturated/α-hetero) is 1. The zero-order valence-corrected chi connectivity index (χ0v) is 17.1. The predicted molar refractivity (Wildman–Crippen MR) is 85.9 cm³/mol. The van der Waals surface area contributed by atoms with E-state index in [9.17, 15) is 9.59 Å². The van der Waals surface area contributed by atoms with Gasteiger partial charge in [0.05, 0.1) is 54.4 Å². The summed E-state index contributed by atoms with van der Waals surface area (Å²) in [6.07, 6.45) is 0.206. The summed E-state index contributed by atoms with van der Waals surface area (Å²) < 4.78 is 1.81. The van der Waals surface area contributed by atoms with Crippen molar-refractivity contribution in [3.63, 3.8) is 0 Å². The third kappa shape index (κ3) is 14.9. The number of quaternary nitrogens is 2. The molecule has 8 heteroatoms. The van der Waals surface area contributed by atoms with Crippen LogP contribution < -0.4 is 35.4 Å². The summed E-state index contributed by atoms with van der Waals surface area (Å²) in [7, 11) is 12.6. The van der Waals surface area contributed by atoms with E-state index in [4.69, 9.17) is 0 Å². The van der Waals surface area contributed by atoms with E-state index in [2.05, 4.69) is 45.9 Å². The first-order valence-corrected chi connectivity index (χ1v) is 7.54. The summed E-state index contributed by atoms with van der Waals surface area (Å²) in [5, 5.41) is 5.76. The first kappa shape index (κ1) is 27.4. The summed E-state index contributed by atoms with van der Waals surface area (Å²) in [5.41, 5.74) is 0. The molecule has 0 aromatic heterocycles. The van der Waals surface area contributed by atoms with Gasteiger partial charge in [0.1, 0.15) is 18.9 Å². The minimum atomic E-state index is -0.384. The van der Waals surface area contributed by atoms with Gasteiger partial charge in [-0.2, -0.15) is 0 Å². The lowest BCUT2D eigenvalue weighted by molar-refractivity contribution is -0.936. The van der Waals surface area contributed by atoms with Crippen LogP contribution in [0.5, 0.6) is 0 Å². The molecule has 0 saturated carbocycles. The van der Waals surface area contributed by atoms with Crippen molar-refractivity contribution in [3.8, 4) is 0 Å². The first-order chi connectivity index (χ1) is 9.47. The molecule has 0 spiro atoms. The molecular weight excluding hydrogens is 339 g/mol. The van der Waals surface area contributed by atoms with E-state index in [0.717, 1.165) is 28.6 Å². The maximum atomic E-state index is 11.8. The van der Waals surface area contributed by atoms with Crippen LogP contribution in [0.25, 0.3) is 0 Å². The van der Waals surface area contributed by atoms with Crippen LogP contribution in [0.1, 0.15) is 13.3 Å². The van der Waals surface area contributed by atoms with Crippen LogP contribution in [0, 0.1) is 0 Å². The number of rotatable bonds is 10. The lowest BCUT2D eigenvalue weighted by Crippen LogP contribution is -3.00. The zero-order valence-electron chi connectivity index (χ0n) is 15.6. The van der Waals surface area contributed by atoms with Gasteiger partial charge in [0.2, 0.25) is 5.91 Å². The van der Waals surface area contributed by atoms with Gasteiger partial charge in [0.15, 0.2) is 0 Å². The SMILES string of the molecule is CNC(CC(=O)NCC[N+](C)(C)CC[N+](C)(C)C)C(C)=O.[Cl-].[Cl-]. The summed E-state index contributed by atoms with van der Waals surface area (Å²) >= 11 is 0. The average Bonchev–Trinajstić information content (AvgIpc) is 2.32. The third-order valence-corrected chi connectivity index (χ3v) is 3.64. The Bertz CT molecular complexity index is 358. The standard InChI is InChI=1S/C15H33N4O2.2ClH/c1-13(20)14(16-2)12-15(21)17-8-9-19(6,7)11-10-18(3,4)5;;/h14,16H,8-12H2,1-7H3;2*1H/q+1;;/p-1. The van der Waals surface area contributed by atoms with Gasteiger partial charge >= 0.3 is 0 Å². The maximum absolute atomic E-state index is 11.8. The fraction of sp³-hybridized carbons (Fsp3) is 0.867. The van der Waals surface area contributed by atoms with Crippen molar-refractivity contribution in [3.05, 3.63) is 0 Å². The summed E-state index contributed by atoms with van der Waals surface area (Å²) in [4.78, 5) is 23.1. The van der Waals surface area contributed by atoms with Crippen molar-refractivity contribution in [1.82, 2.24) is 10.6 Å². The van der Waals surface area contributed by atoms with Crippen LogP contribution in [0.3, 0.4) is 0 Å². The quantitative estimate of drug-likeness (QED) is 0.375. The lowest BCUT2D eigenvalue weighted by atomic mass is 10.1. The molecule has 0 radical (unpaired) electrons. The van der Waals surface area contributed by atoms with Crippen molar-refractivity contribution in [2.75, 3.05) is 68.5 Å². The van der Waals surface area contributed by atoms with E-state index in [1.54, 1.807) is 7.05 Å². The minimum Gasteiger partial charge on any atom is -1.00 e. The highest BCUT2D eigenvalue weighted by Gasteiger charge is 2.20. The van der Waals surface area contributed by atoms with Crippen LogP contribution in [0.4, 0.5) is 0 Å². The van der Waals surface area contributed by atoms with Crippen molar-refractivity contribution >= 4 is 11.7 Å². The molecule has 1 atom stereocenters. The van der Waals surface area contributed by atoms with E-state index in [1.165, 1.54) is 6.92 Å².